The lowest BCUT2D eigenvalue weighted by atomic mass is 10.1. The maximum atomic E-state index is 14.7. The van der Waals surface area contributed by atoms with Crippen LogP contribution in [0.2, 0.25) is 0 Å². The van der Waals surface area contributed by atoms with Crippen molar-refractivity contribution in [1.82, 2.24) is 4.57 Å². The van der Waals surface area contributed by atoms with E-state index < -0.39 is 11.2 Å². The number of hydrogen-bond acceptors (Lipinski definition) is 4. The molecular formula is C20H19F2N3O2. The zero-order valence-corrected chi connectivity index (χ0v) is 14.6. The molecule has 0 aliphatic carbocycles. The summed E-state index contributed by atoms with van der Waals surface area (Å²) in [6.45, 7) is 2.61. The summed E-state index contributed by atoms with van der Waals surface area (Å²) in [4.78, 5) is 14.3. The van der Waals surface area contributed by atoms with E-state index in [2.05, 4.69) is 0 Å². The molecule has 2 heterocycles. The van der Waals surface area contributed by atoms with Gasteiger partial charge in [-0.15, -0.1) is 0 Å². The topological polar surface area (TPSA) is 60.5 Å². The number of fused-ring (bicyclic) bond motifs is 1. The van der Waals surface area contributed by atoms with E-state index in [1.165, 1.54) is 18.2 Å². The molecule has 0 spiro atoms. The van der Waals surface area contributed by atoms with Crippen molar-refractivity contribution in [2.24, 2.45) is 0 Å². The highest BCUT2D eigenvalue weighted by molar-refractivity contribution is 5.85. The van der Waals surface area contributed by atoms with Crippen LogP contribution in [0.5, 0.6) is 0 Å². The van der Waals surface area contributed by atoms with Gasteiger partial charge in [-0.05, 0) is 29.8 Å². The highest BCUT2D eigenvalue weighted by atomic mass is 19.1. The van der Waals surface area contributed by atoms with Gasteiger partial charge in [0.2, 0.25) is 5.43 Å². The largest absolute Gasteiger partial charge is 0.394 e. The zero-order chi connectivity index (χ0) is 19.0. The first kappa shape index (κ1) is 17.5. The molecule has 1 aromatic heterocycles. The van der Waals surface area contributed by atoms with Gasteiger partial charge in [-0.2, -0.15) is 0 Å². The van der Waals surface area contributed by atoms with Crippen molar-refractivity contribution < 1.29 is 13.5 Å². The Balaban J connectivity index is 1.85. The number of hydrogen-bond donors (Lipinski definition) is 1. The van der Waals surface area contributed by atoms with Crippen LogP contribution in [0.4, 0.5) is 20.2 Å². The van der Waals surface area contributed by atoms with Gasteiger partial charge in [0, 0.05) is 25.8 Å². The van der Waals surface area contributed by atoms with E-state index in [1.807, 2.05) is 4.90 Å². The normalized spacial score (nSPS) is 14.7. The van der Waals surface area contributed by atoms with Gasteiger partial charge in [0.25, 0.3) is 0 Å². The molecule has 0 radical (unpaired) electrons. The van der Waals surface area contributed by atoms with Gasteiger partial charge in [-0.3, -0.25) is 4.79 Å². The molecular weight excluding hydrogens is 352 g/mol. The van der Waals surface area contributed by atoms with Gasteiger partial charge in [0.15, 0.2) is 0 Å². The van der Waals surface area contributed by atoms with Crippen molar-refractivity contribution in [1.29, 1.82) is 0 Å². The van der Waals surface area contributed by atoms with Crippen LogP contribution in [0.25, 0.3) is 10.9 Å². The molecule has 1 saturated heterocycles. The summed E-state index contributed by atoms with van der Waals surface area (Å²) in [5.74, 6) is -0.778. The Morgan fingerprint density at radius 2 is 1.78 bits per heavy atom. The number of aromatic nitrogens is 1. The molecule has 2 N–H and O–H groups in total. The molecule has 0 atom stereocenters. The average Bonchev–Trinajstić information content (AvgIpc) is 2.68. The first-order valence-electron chi connectivity index (χ1n) is 8.72. The lowest BCUT2D eigenvalue weighted by Crippen LogP contribution is -2.36. The number of anilines is 2. The van der Waals surface area contributed by atoms with Crippen LogP contribution >= 0.6 is 0 Å². The minimum Gasteiger partial charge on any atom is -0.394 e. The number of halogens is 2. The molecule has 0 unspecified atom stereocenters. The quantitative estimate of drug-likeness (QED) is 0.769. The number of benzene rings is 2. The van der Waals surface area contributed by atoms with Gasteiger partial charge in [-0.25, -0.2) is 8.78 Å². The summed E-state index contributed by atoms with van der Waals surface area (Å²) in [5, 5.41) is 0.228. The number of nitrogen functional groups attached to an aromatic ring is 1. The van der Waals surface area contributed by atoms with Crippen molar-refractivity contribution in [2.45, 2.75) is 6.54 Å². The average molecular weight is 371 g/mol. The van der Waals surface area contributed by atoms with Crippen LogP contribution in [-0.4, -0.2) is 30.9 Å². The minimum absolute atomic E-state index is 0.0446. The highest BCUT2D eigenvalue weighted by Crippen LogP contribution is 2.26. The summed E-state index contributed by atoms with van der Waals surface area (Å²) in [6.07, 6.45) is 1.55. The van der Waals surface area contributed by atoms with Gasteiger partial charge in [-0.1, -0.05) is 12.1 Å². The second-order valence-corrected chi connectivity index (χ2v) is 6.59. The van der Waals surface area contributed by atoms with E-state index in [0.717, 1.165) is 5.56 Å². The number of nitrogens with zero attached hydrogens (tertiary/aromatic N) is 2. The lowest BCUT2D eigenvalue weighted by Gasteiger charge is -2.29. The zero-order valence-electron chi connectivity index (χ0n) is 14.6. The monoisotopic (exact) mass is 371 g/mol. The number of ether oxygens (including phenoxy) is 1. The van der Waals surface area contributed by atoms with Gasteiger partial charge < -0.3 is 19.9 Å². The molecule has 27 heavy (non-hydrogen) atoms. The van der Waals surface area contributed by atoms with Crippen LogP contribution in [0.3, 0.4) is 0 Å². The predicted octanol–water partition coefficient (Wildman–Crippen LogP) is 2.75. The standard InChI is InChI=1S/C20H19F2N3O2/c21-14-3-1-13(2-4-14)11-25-12-17(23)20(26)15-9-16(22)19(10-18(15)25)24-5-7-27-8-6-24/h1-4,9-10,12H,5-8,11,23H2. The fourth-order valence-corrected chi connectivity index (χ4v) is 3.39. The van der Waals surface area contributed by atoms with Crippen molar-refractivity contribution in [3.63, 3.8) is 0 Å². The molecule has 1 fully saturated rings. The first-order valence-corrected chi connectivity index (χ1v) is 8.72. The van der Waals surface area contributed by atoms with E-state index in [0.29, 0.717) is 44.1 Å². The molecule has 2 aromatic carbocycles. The molecule has 1 aliphatic rings. The van der Waals surface area contributed by atoms with Gasteiger partial charge >= 0.3 is 0 Å². The lowest BCUT2D eigenvalue weighted by molar-refractivity contribution is 0.122. The Hall–Kier alpha value is -2.93. The maximum absolute atomic E-state index is 14.7. The molecule has 3 aromatic rings. The van der Waals surface area contributed by atoms with E-state index in [9.17, 15) is 13.6 Å². The molecule has 0 saturated carbocycles. The van der Waals surface area contributed by atoms with E-state index >= 15 is 0 Å². The molecule has 5 nitrogen and oxygen atoms in total. The Bertz CT molecular complexity index is 1040. The molecule has 140 valence electrons. The molecule has 4 rings (SSSR count). The molecule has 1 aliphatic heterocycles. The maximum Gasteiger partial charge on any atom is 0.212 e. The fourth-order valence-electron chi connectivity index (χ4n) is 3.39. The number of rotatable bonds is 3. The third-order valence-electron chi connectivity index (χ3n) is 4.79. The number of pyridine rings is 1. The van der Waals surface area contributed by atoms with Crippen LogP contribution in [0, 0.1) is 11.6 Å². The number of morpholine rings is 1. The van der Waals surface area contributed by atoms with Gasteiger partial charge in [0.1, 0.15) is 11.6 Å². The summed E-state index contributed by atoms with van der Waals surface area (Å²) < 4.78 is 35.0. The smallest absolute Gasteiger partial charge is 0.212 e. The predicted molar refractivity (Wildman–Crippen MR) is 101 cm³/mol. The minimum atomic E-state index is -0.458. The van der Waals surface area contributed by atoms with E-state index in [4.69, 9.17) is 10.5 Å². The second kappa shape index (κ2) is 7.00. The molecule has 0 amide bonds. The molecule has 7 heteroatoms. The number of nitrogens with two attached hydrogens (primary N) is 1. The first-order chi connectivity index (χ1) is 13.0. The third-order valence-corrected chi connectivity index (χ3v) is 4.79. The van der Waals surface area contributed by atoms with Crippen LogP contribution in [0.15, 0.2) is 47.4 Å². The summed E-state index contributed by atoms with van der Waals surface area (Å²) in [7, 11) is 0. The van der Waals surface area contributed by atoms with E-state index in [-0.39, 0.29) is 16.9 Å². The van der Waals surface area contributed by atoms with E-state index in [1.54, 1.807) is 29.0 Å². The summed E-state index contributed by atoms with van der Waals surface area (Å²) in [6, 6.07) is 9.02. The van der Waals surface area contributed by atoms with Crippen molar-refractivity contribution in [3.8, 4) is 0 Å². The Kier molecular flexibility index (Phi) is 4.53. The fraction of sp³-hybridized carbons (Fsp3) is 0.250. The van der Waals surface area contributed by atoms with Crippen molar-refractivity contribution >= 4 is 22.3 Å². The third kappa shape index (κ3) is 3.38. The highest BCUT2D eigenvalue weighted by Gasteiger charge is 2.18. The van der Waals surface area contributed by atoms with Crippen LogP contribution in [-0.2, 0) is 11.3 Å². The van der Waals surface area contributed by atoms with Crippen LogP contribution < -0.4 is 16.1 Å². The second-order valence-electron chi connectivity index (χ2n) is 6.59. The SMILES string of the molecule is Nc1cn(Cc2ccc(F)cc2)c2cc(N3CCOCC3)c(F)cc2c1=O. The van der Waals surface area contributed by atoms with Crippen LogP contribution in [0.1, 0.15) is 5.56 Å². The summed E-state index contributed by atoms with van der Waals surface area (Å²) >= 11 is 0. The van der Waals surface area contributed by atoms with Crippen molar-refractivity contribution in [3.05, 3.63) is 70.0 Å². The Morgan fingerprint density at radius 1 is 1.07 bits per heavy atom. The summed E-state index contributed by atoms with van der Waals surface area (Å²) in [5.41, 5.74) is 7.36. The molecule has 0 bridgehead atoms. The Morgan fingerprint density at radius 3 is 2.48 bits per heavy atom. The van der Waals surface area contributed by atoms with Gasteiger partial charge in [0.05, 0.1) is 35.5 Å². The van der Waals surface area contributed by atoms with Crippen molar-refractivity contribution in [2.75, 3.05) is 36.9 Å². The Labute approximate surface area is 154 Å².